The van der Waals surface area contributed by atoms with Crippen molar-refractivity contribution in [1.29, 1.82) is 0 Å². The van der Waals surface area contributed by atoms with E-state index in [4.69, 9.17) is 0 Å². The fraction of sp³-hybridized carbons (Fsp3) is 0.909. The monoisotopic (exact) mass is 180 g/mol. The van der Waals surface area contributed by atoms with E-state index in [2.05, 4.69) is 24.2 Å². The molecule has 0 bridgehead atoms. The summed E-state index contributed by atoms with van der Waals surface area (Å²) in [4.78, 5) is 4.46. The van der Waals surface area contributed by atoms with Crippen LogP contribution < -0.4 is 5.32 Å². The van der Waals surface area contributed by atoms with Crippen LogP contribution in [0.4, 0.5) is 0 Å². The van der Waals surface area contributed by atoms with Crippen LogP contribution >= 0.6 is 0 Å². The molecule has 2 nitrogen and oxygen atoms in total. The van der Waals surface area contributed by atoms with E-state index >= 15 is 0 Å². The number of hydrogen-bond donors (Lipinski definition) is 1. The molecule has 1 saturated carbocycles. The van der Waals surface area contributed by atoms with Gasteiger partial charge in [0.15, 0.2) is 0 Å². The first kappa shape index (κ1) is 9.04. The zero-order valence-corrected chi connectivity index (χ0v) is 8.71. The Morgan fingerprint density at radius 3 is 2.69 bits per heavy atom. The Morgan fingerprint density at radius 1 is 1.31 bits per heavy atom. The van der Waals surface area contributed by atoms with Crippen molar-refractivity contribution in [3.8, 4) is 0 Å². The lowest BCUT2D eigenvalue weighted by atomic mass is 9.98. The van der Waals surface area contributed by atoms with Crippen molar-refractivity contribution < 1.29 is 0 Å². The fourth-order valence-electron chi connectivity index (χ4n) is 2.44. The second-order valence-electron chi connectivity index (χ2n) is 4.60. The molecule has 0 aromatic heterocycles. The third-order valence-electron chi connectivity index (χ3n) is 3.69. The third kappa shape index (κ3) is 1.87. The highest BCUT2D eigenvalue weighted by atomic mass is 15.0. The summed E-state index contributed by atoms with van der Waals surface area (Å²) in [6.07, 6.45) is 5.14. The van der Waals surface area contributed by atoms with E-state index in [0.717, 1.165) is 18.4 Å². The van der Waals surface area contributed by atoms with Crippen LogP contribution in [0.3, 0.4) is 0 Å². The average molecular weight is 180 g/mol. The van der Waals surface area contributed by atoms with E-state index in [1.54, 1.807) is 0 Å². The highest BCUT2D eigenvalue weighted by Crippen LogP contribution is 2.31. The molecule has 0 saturated heterocycles. The van der Waals surface area contributed by atoms with Crippen molar-refractivity contribution in [3.63, 3.8) is 0 Å². The van der Waals surface area contributed by atoms with E-state index in [1.807, 2.05) is 0 Å². The van der Waals surface area contributed by atoms with E-state index in [1.165, 1.54) is 31.5 Å². The van der Waals surface area contributed by atoms with Crippen LogP contribution in [-0.4, -0.2) is 18.4 Å². The van der Waals surface area contributed by atoms with Gasteiger partial charge in [-0.3, -0.25) is 4.99 Å². The van der Waals surface area contributed by atoms with Gasteiger partial charge in [-0.15, -0.1) is 0 Å². The molecule has 1 N–H and O–H groups in total. The normalized spacial score (nSPS) is 39.2. The van der Waals surface area contributed by atoms with Gasteiger partial charge in [-0.2, -0.15) is 0 Å². The number of amidine groups is 1. The lowest BCUT2D eigenvalue weighted by Crippen LogP contribution is -2.36. The molecule has 2 aliphatic rings. The first-order valence-corrected chi connectivity index (χ1v) is 5.57. The SMILES string of the molecule is CC1CCC(NC2=NCCC2)C1C. The highest BCUT2D eigenvalue weighted by Gasteiger charge is 2.30. The smallest absolute Gasteiger partial charge is 0.0965 e. The molecule has 2 heteroatoms. The summed E-state index contributed by atoms with van der Waals surface area (Å²) in [5.41, 5.74) is 0. The Balaban J connectivity index is 1.88. The average Bonchev–Trinajstić information content (AvgIpc) is 2.71. The number of hydrogen-bond acceptors (Lipinski definition) is 2. The van der Waals surface area contributed by atoms with E-state index in [-0.39, 0.29) is 0 Å². The minimum atomic E-state index is 0.701. The van der Waals surface area contributed by atoms with Crippen LogP contribution in [0.15, 0.2) is 4.99 Å². The summed E-state index contributed by atoms with van der Waals surface area (Å²) in [6.45, 7) is 5.77. The van der Waals surface area contributed by atoms with Crippen molar-refractivity contribution in [2.75, 3.05) is 6.54 Å². The predicted molar refractivity (Wildman–Crippen MR) is 56.0 cm³/mol. The second-order valence-corrected chi connectivity index (χ2v) is 4.60. The van der Waals surface area contributed by atoms with Crippen LogP contribution in [0.1, 0.15) is 39.5 Å². The number of rotatable bonds is 1. The van der Waals surface area contributed by atoms with Crippen molar-refractivity contribution in [3.05, 3.63) is 0 Å². The van der Waals surface area contributed by atoms with Gasteiger partial charge in [0.05, 0.1) is 5.84 Å². The standard InChI is InChI=1S/C11H20N2/c1-8-5-6-10(9(8)2)13-11-4-3-7-12-11/h8-10H,3-7H2,1-2H3,(H,12,13). The zero-order chi connectivity index (χ0) is 9.26. The fourth-order valence-corrected chi connectivity index (χ4v) is 2.44. The molecule has 1 aliphatic carbocycles. The third-order valence-corrected chi connectivity index (χ3v) is 3.69. The zero-order valence-electron chi connectivity index (χ0n) is 8.71. The Bertz CT molecular complexity index is 210. The van der Waals surface area contributed by atoms with Gasteiger partial charge in [-0.05, 0) is 31.1 Å². The lowest BCUT2D eigenvalue weighted by Gasteiger charge is -2.20. The van der Waals surface area contributed by atoms with Gasteiger partial charge >= 0.3 is 0 Å². The topological polar surface area (TPSA) is 24.4 Å². The first-order chi connectivity index (χ1) is 6.27. The molecule has 0 amide bonds. The summed E-state index contributed by atoms with van der Waals surface area (Å²) in [5.74, 6) is 2.98. The van der Waals surface area contributed by atoms with Crippen LogP contribution in [0.5, 0.6) is 0 Å². The molecule has 1 heterocycles. The molecule has 3 unspecified atom stereocenters. The van der Waals surface area contributed by atoms with E-state index in [9.17, 15) is 0 Å². The number of nitrogens with zero attached hydrogens (tertiary/aromatic N) is 1. The maximum absolute atomic E-state index is 4.46. The van der Waals surface area contributed by atoms with Gasteiger partial charge < -0.3 is 5.32 Å². The van der Waals surface area contributed by atoms with E-state index < -0.39 is 0 Å². The van der Waals surface area contributed by atoms with Gasteiger partial charge in [-0.25, -0.2) is 0 Å². The molecule has 74 valence electrons. The maximum Gasteiger partial charge on any atom is 0.0965 e. The molecule has 1 fully saturated rings. The number of nitrogens with one attached hydrogen (secondary N) is 1. The summed E-state index contributed by atoms with van der Waals surface area (Å²) in [7, 11) is 0. The minimum absolute atomic E-state index is 0.701. The Hall–Kier alpha value is -0.530. The van der Waals surface area contributed by atoms with E-state index in [0.29, 0.717) is 6.04 Å². The summed E-state index contributed by atoms with van der Waals surface area (Å²) < 4.78 is 0. The predicted octanol–water partition coefficient (Wildman–Crippen LogP) is 2.20. The van der Waals surface area contributed by atoms with Crippen LogP contribution in [0.25, 0.3) is 0 Å². The second kappa shape index (κ2) is 3.69. The summed E-state index contributed by atoms with van der Waals surface area (Å²) >= 11 is 0. The highest BCUT2D eigenvalue weighted by molar-refractivity contribution is 5.83. The van der Waals surface area contributed by atoms with Crippen molar-refractivity contribution in [1.82, 2.24) is 5.32 Å². The summed E-state index contributed by atoms with van der Waals surface area (Å²) in [6, 6.07) is 0.701. The van der Waals surface area contributed by atoms with Gasteiger partial charge in [-0.1, -0.05) is 13.8 Å². The number of aliphatic imine (C=N–C) groups is 1. The first-order valence-electron chi connectivity index (χ1n) is 5.57. The Labute approximate surface area is 80.8 Å². The van der Waals surface area contributed by atoms with Crippen LogP contribution in [-0.2, 0) is 0 Å². The van der Waals surface area contributed by atoms with Crippen LogP contribution in [0, 0.1) is 11.8 Å². The molecule has 2 rings (SSSR count). The van der Waals surface area contributed by atoms with Gasteiger partial charge in [0.25, 0.3) is 0 Å². The molecule has 0 aromatic rings. The molecule has 0 aromatic carbocycles. The minimum Gasteiger partial charge on any atom is -0.371 e. The Kier molecular flexibility index (Phi) is 2.56. The largest absolute Gasteiger partial charge is 0.371 e. The van der Waals surface area contributed by atoms with Gasteiger partial charge in [0.2, 0.25) is 0 Å². The van der Waals surface area contributed by atoms with Crippen molar-refractivity contribution in [2.45, 2.75) is 45.6 Å². The quantitative estimate of drug-likeness (QED) is 0.657. The molecular formula is C11H20N2. The van der Waals surface area contributed by atoms with Crippen molar-refractivity contribution in [2.24, 2.45) is 16.8 Å². The molecule has 1 aliphatic heterocycles. The molecule has 0 spiro atoms. The lowest BCUT2D eigenvalue weighted by molar-refractivity contribution is 0.402. The summed E-state index contributed by atoms with van der Waals surface area (Å²) in [5, 5.41) is 3.61. The molecule has 0 radical (unpaired) electrons. The van der Waals surface area contributed by atoms with Gasteiger partial charge in [0.1, 0.15) is 0 Å². The Morgan fingerprint density at radius 2 is 2.15 bits per heavy atom. The molecule has 3 atom stereocenters. The molecular weight excluding hydrogens is 160 g/mol. The van der Waals surface area contributed by atoms with Crippen molar-refractivity contribution >= 4 is 5.84 Å². The molecule has 13 heavy (non-hydrogen) atoms. The van der Waals surface area contributed by atoms with Crippen LogP contribution in [0.2, 0.25) is 0 Å². The van der Waals surface area contributed by atoms with Gasteiger partial charge in [0, 0.05) is 19.0 Å². The maximum atomic E-state index is 4.46.